The largest absolute Gasteiger partial charge is 0.433 e. The van der Waals surface area contributed by atoms with Crippen LogP contribution in [0.1, 0.15) is 25.1 Å². The molecule has 0 bridgehead atoms. The van der Waals surface area contributed by atoms with E-state index in [1.54, 1.807) is 4.90 Å². The molecule has 118 valence electrons. The number of hydrogen-bond acceptors (Lipinski definition) is 4. The fraction of sp³-hybridized carbons (Fsp3) is 0.538. The third-order valence-corrected chi connectivity index (χ3v) is 2.89. The lowest BCUT2D eigenvalue weighted by Gasteiger charge is -2.29. The third kappa shape index (κ3) is 4.32. The van der Waals surface area contributed by atoms with Crippen LogP contribution in [-0.2, 0) is 10.9 Å². The van der Waals surface area contributed by atoms with Gasteiger partial charge in [-0.15, -0.1) is 0 Å². The Kier molecular flexibility index (Phi) is 5.54. The summed E-state index contributed by atoms with van der Waals surface area (Å²) < 4.78 is 43.4. The van der Waals surface area contributed by atoms with Crippen LogP contribution in [0.4, 0.5) is 19.0 Å². The lowest BCUT2D eigenvalue weighted by molar-refractivity contribution is -0.141. The first-order valence-corrected chi connectivity index (χ1v) is 6.36. The number of alkyl halides is 3. The van der Waals surface area contributed by atoms with Gasteiger partial charge in [0.05, 0.1) is 12.2 Å². The quantitative estimate of drug-likeness (QED) is 0.624. The van der Waals surface area contributed by atoms with Crippen LogP contribution in [0, 0.1) is 5.41 Å². The first-order valence-electron chi connectivity index (χ1n) is 6.36. The minimum atomic E-state index is -4.55. The monoisotopic (exact) mass is 304 g/mol. The van der Waals surface area contributed by atoms with Gasteiger partial charge in [0.15, 0.2) is 0 Å². The highest BCUT2D eigenvalue weighted by atomic mass is 19.4. The summed E-state index contributed by atoms with van der Waals surface area (Å²) in [6, 6.07) is 1.89. The molecule has 3 N–H and O–H groups in total. The van der Waals surface area contributed by atoms with Gasteiger partial charge in [0.1, 0.15) is 17.3 Å². The molecule has 0 saturated heterocycles. The molecule has 0 saturated carbocycles. The highest BCUT2D eigenvalue weighted by molar-refractivity contribution is 5.99. The fourth-order valence-corrected chi connectivity index (χ4v) is 1.83. The molecule has 0 fully saturated rings. The van der Waals surface area contributed by atoms with Crippen molar-refractivity contribution in [1.29, 1.82) is 5.41 Å². The molecule has 0 radical (unpaired) electrons. The maximum atomic E-state index is 12.8. The van der Waals surface area contributed by atoms with Crippen molar-refractivity contribution in [2.45, 2.75) is 26.1 Å². The van der Waals surface area contributed by atoms with E-state index in [9.17, 15) is 13.2 Å². The average Bonchev–Trinajstić information content (AvgIpc) is 2.37. The number of nitrogens with zero attached hydrogens (tertiary/aromatic N) is 2. The number of rotatable bonds is 6. The van der Waals surface area contributed by atoms with Crippen molar-refractivity contribution in [3.8, 4) is 0 Å². The molecule has 21 heavy (non-hydrogen) atoms. The Balaban J connectivity index is 3.35. The first kappa shape index (κ1) is 17.2. The van der Waals surface area contributed by atoms with Gasteiger partial charge in [-0.2, -0.15) is 13.2 Å². The molecule has 8 heteroatoms. The van der Waals surface area contributed by atoms with Gasteiger partial charge in [-0.1, -0.05) is 0 Å². The number of hydrogen-bond donors (Lipinski definition) is 2. The zero-order valence-electron chi connectivity index (χ0n) is 12.2. The summed E-state index contributed by atoms with van der Waals surface area (Å²) in [6.45, 7) is 4.32. The van der Waals surface area contributed by atoms with Crippen LogP contribution in [0.2, 0.25) is 0 Å². The van der Waals surface area contributed by atoms with Gasteiger partial charge in [0.2, 0.25) is 0 Å². The molecule has 0 aliphatic rings. The Bertz CT molecular complexity index is 503. The topological polar surface area (TPSA) is 75.2 Å². The molecule has 1 aromatic rings. The summed E-state index contributed by atoms with van der Waals surface area (Å²) in [7, 11) is 1.50. The number of amidine groups is 1. The minimum Gasteiger partial charge on any atom is -0.384 e. The molecule has 0 amide bonds. The summed E-state index contributed by atoms with van der Waals surface area (Å²) >= 11 is 0. The van der Waals surface area contributed by atoms with Crippen LogP contribution < -0.4 is 10.6 Å². The van der Waals surface area contributed by atoms with E-state index in [0.717, 1.165) is 6.07 Å². The Morgan fingerprint density at radius 2 is 2.05 bits per heavy atom. The molecule has 0 atom stereocenters. The minimum absolute atomic E-state index is 0.0457. The Morgan fingerprint density at radius 3 is 2.48 bits per heavy atom. The number of nitrogen functional groups attached to an aromatic ring is 1. The van der Waals surface area contributed by atoms with E-state index in [2.05, 4.69) is 4.98 Å². The normalized spacial score (nSPS) is 11.8. The molecule has 0 spiro atoms. The van der Waals surface area contributed by atoms with Crippen LogP contribution in [0.5, 0.6) is 0 Å². The lowest BCUT2D eigenvalue weighted by atomic mass is 10.1. The maximum Gasteiger partial charge on any atom is 0.433 e. The summed E-state index contributed by atoms with van der Waals surface area (Å²) in [5.74, 6) is -0.279. The van der Waals surface area contributed by atoms with Crippen LogP contribution in [-0.4, -0.2) is 37.1 Å². The summed E-state index contributed by atoms with van der Waals surface area (Å²) in [4.78, 5) is 5.30. The number of nitrogens with two attached hydrogens (primary N) is 1. The van der Waals surface area contributed by atoms with Gasteiger partial charge in [-0.25, -0.2) is 4.98 Å². The van der Waals surface area contributed by atoms with Gasteiger partial charge >= 0.3 is 6.18 Å². The maximum absolute atomic E-state index is 12.8. The number of aromatic nitrogens is 1. The Hall–Kier alpha value is -1.83. The van der Waals surface area contributed by atoms with E-state index in [0.29, 0.717) is 13.2 Å². The van der Waals surface area contributed by atoms with Crippen molar-refractivity contribution in [2.24, 2.45) is 5.73 Å². The highest BCUT2D eigenvalue weighted by Gasteiger charge is 2.34. The summed E-state index contributed by atoms with van der Waals surface area (Å²) in [6.07, 6.45) is -4.55. The van der Waals surface area contributed by atoms with Crippen LogP contribution in [0.3, 0.4) is 0 Å². The van der Waals surface area contributed by atoms with Crippen LogP contribution in [0.15, 0.2) is 12.1 Å². The smallest absolute Gasteiger partial charge is 0.384 e. The standard InChI is InChI=1S/C13H19F3N4O/c1-8(2)20(6-7-21-3)12-9(11(17)18)4-5-10(19-12)13(14,15)16/h4-5,8H,6-7H2,1-3H3,(H3,17,18). The summed E-state index contributed by atoms with van der Waals surface area (Å²) in [5.41, 5.74) is 4.61. The third-order valence-electron chi connectivity index (χ3n) is 2.89. The average molecular weight is 304 g/mol. The van der Waals surface area contributed by atoms with E-state index in [1.165, 1.54) is 13.2 Å². The molecular weight excluding hydrogens is 285 g/mol. The zero-order chi connectivity index (χ0) is 16.2. The van der Waals surface area contributed by atoms with E-state index in [1.807, 2.05) is 13.8 Å². The molecule has 0 aliphatic heterocycles. The van der Waals surface area contributed by atoms with Gasteiger partial charge in [-0.05, 0) is 26.0 Å². The number of anilines is 1. The van der Waals surface area contributed by atoms with Crippen molar-refractivity contribution >= 4 is 11.7 Å². The van der Waals surface area contributed by atoms with E-state index in [4.69, 9.17) is 15.9 Å². The Labute approximate surface area is 121 Å². The predicted octanol–water partition coefficient (Wildman–Crippen LogP) is 2.25. The van der Waals surface area contributed by atoms with Crippen LogP contribution in [0.25, 0.3) is 0 Å². The number of halogens is 3. The van der Waals surface area contributed by atoms with Crippen molar-refractivity contribution in [3.63, 3.8) is 0 Å². The van der Waals surface area contributed by atoms with E-state index >= 15 is 0 Å². The number of ether oxygens (including phenoxy) is 1. The second-order valence-corrected chi connectivity index (χ2v) is 4.76. The van der Waals surface area contributed by atoms with Crippen molar-refractivity contribution in [1.82, 2.24) is 4.98 Å². The van der Waals surface area contributed by atoms with Crippen molar-refractivity contribution in [3.05, 3.63) is 23.4 Å². The van der Waals surface area contributed by atoms with E-state index in [-0.39, 0.29) is 23.3 Å². The predicted molar refractivity (Wildman–Crippen MR) is 74.6 cm³/mol. The zero-order valence-corrected chi connectivity index (χ0v) is 12.2. The Morgan fingerprint density at radius 1 is 1.43 bits per heavy atom. The molecule has 0 aromatic carbocycles. The first-order chi connectivity index (χ1) is 9.68. The molecule has 0 aliphatic carbocycles. The fourth-order valence-electron chi connectivity index (χ4n) is 1.83. The van der Waals surface area contributed by atoms with Gasteiger partial charge in [0, 0.05) is 19.7 Å². The molecule has 5 nitrogen and oxygen atoms in total. The molecule has 0 unspecified atom stereocenters. The molecule has 1 aromatic heterocycles. The molecule has 1 rings (SSSR count). The van der Waals surface area contributed by atoms with E-state index < -0.39 is 11.9 Å². The summed E-state index contributed by atoms with van der Waals surface area (Å²) in [5, 5.41) is 7.51. The highest BCUT2D eigenvalue weighted by Crippen LogP contribution is 2.31. The van der Waals surface area contributed by atoms with Gasteiger partial charge < -0.3 is 15.4 Å². The number of methoxy groups -OCH3 is 1. The number of pyridine rings is 1. The van der Waals surface area contributed by atoms with Crippen molar-refractivity contribution < 1.29 is 17.9 Å². The van der Waals surface area contributed by atoms with Crippen LogP contribution >= 0.6 is 0 Å². The molecule has 1 heterocycles. The van der Waals surface area contributed by atoms with Gasteiger partial charge in [-0.3, -0.25) is 5.41 Å². The second-order valence-electron chi connectivity index (χ2n) is 4.76. The van der Waals surface area contributed by atoms with Gasteiger partial charge in [0.25, 0.3) is 0 Å². The molecular formula is C13H19F3N4O. The number of nitrogens with one attached hydrogen (secondary N) is 1. The van der Waals surface area contributed by atoms with Crippen molar-refractivity contribution in [2.75, 3.05) is 25.2 Å². The second kappa shape index (κ2) is 6.75. The lowest BCUT2D eigenvalue weighted by Crippen LogP contribution is -2.36. The SMILES string of the molecule is COCCN(c1nc(C(F)(F)F)ccc1C(=N)N)C(C)C.